The third-order valence-electron chi connectivity index (χ3n) is 4.03. The van der Waals surface area contributed by atoms with E-state index in [1.54, 1.807) is 0 Å². The summed E-state index contributed by atoms with van der Waals surface area (Å²) in [5, 5.41) is 3.58. The van der Waals surface area contributed by atoms with Crippen molar-refractivity contribution in [1.29, 1.82) is 0 Å². The van der Waals surface area contributed by atoms with Crippen LogP contribution in [0.2, 0.25) is 0 Å². The minimum Gasteiger partial charge on any atom is -0.316 e. The molecule has 1 atom stereocenters. The molecule has 0 heterocycles. The number of rotatable bonds is 10. The van der Waals surface area contributed by atoms with Gasteiger partial charge in [0.1, 0.15) is 0 Å². The van der Waals surface area contributed by atoms with Gasteiger partial charge in [0, 0.05) is 19.1 Å². The molecule has 0 aromatic carbocycles. The van der Waals surface area contributed by atoms with Gasteiger partial charge in [0.2, 0.25) is 0 Å². The Labute approximate surface area is 109 Å². The van der Waals surface area contributed by atoms with Crippen LogP contribution in [0.1, 0.15) is 60.3 Å². The van der Waals surface area contributed by atoms with Crippen LogP contribution < -0.4 is 5.32 Å². The topological polar surface area (TPSA) is 15.3 Å². The highest BCUT2D eigenvalue weighted by atomic mass is 15.1. The van der Waals surface area contributed by atoms with Crippen molar-refractivity contribution >= 4 is 0 Å². The minimum absolute atomic E-state index is 0.409. The minimum atomic E-state index is 0.409. The lowest BCUT2D eigenvalue weighted by molar-refractivity contribution is 0.135. The molecule has 0 bridgehead atoms. The molecule has 1 N–H and O–H groups in total. The molecule has 0 radical (unpaired) electrons. The summed E-state index contributed by atoms with van der Waals surface area (Å²) in [5.41, 5.74) is 0.409. The fourth-order valence-electron chi connectivity index (χ4n) is 2.50. The molecule has 2 nitrogen and oxygen atoms in total. The fourth-order valence-corrected chi connectivity index (χ4v) is 2.50. The van der Waals surface area contributed by atoms with Crippen molar-refractivity contribution in [1.82, 2.24) is 10.2 Å². The molecule has 17 heavy (non-hydrogen) atoms. The largest absolute Gasteiger partial charge is 0.316 e. The maximum atomic E-state index is 3.58. The first kappa shape index (κ1) is 16.9. The molecular weight excluding hydrogens is 208 g/mol. The van der Waals surface area contributed by atoms with E-state index in [4.69, 9.17) is 0 Å². The van der Waals surface area contributed by atoms with Gasteiger partial charge >= 0.3 is 0 Å². The molecule has 2 heteroatoms. The van der Waals surface area contributed by atoms with Gasteiger partial charge in [-0.25, -0.2) is 0 Å². The Morgan fingerprint density at radius 1 is 1.12 bits per heavy atom. The van der Waals surface area contributed by atoms with Crippen molar-refractivity contribution in [3.8, 4) is 0 Å². The quantitative estimate of drug-likeness (QED) is 0.590. The molecule has 0 saturated heterocycles. The van der Waals surface area contributed by atoms with Crippen molar-refractivity contribution in [3.05, 3.63) is 0 Å². The van der Waals surface area contributed by atoms with Crippen molar-refractivity contribution in [2.45, 2.75) is 66.3 Å². The van der Waals surface area contributed by atoms with Gasteiger partial charge in [-0.1, -0.05) is 34.6 Å². The van der Waals surface area contributed by atoms with E-state index in [1.807, 2.05) is 0 Å². The summed E-state index contributed by atoms with van der Waals surface area (Å²) in [4.78, 5) is 2.55. The predicted octanol–water partition coefficient (Wildman–Crippen LogP) is 3.52. The number of nitrogens with zero attached hydrogens (tertiary/aromatic N) is 1. The van der Waals surface area contributed by atoms with Crippen LogP contribution in [-0.2, 0) is 0 Å². The normalized spacial score (nSPS) is 15.5. The van der Waals surface area contributed by atoms with E-state index in [2.05, 4.69) is 51.9 Å². The van der Waals surface area contributed by atoms with Crippen LogP contribution in [0.3, 0.4) is 0 Å². The van der Waals surface area contributed by atoms with E-state index >= 15 is 0 Å². The summed E-state index contributed by atoms with van der Waals surface area (Å²) in [6.45, 7) is 15.0. The molecular formula is C15H34N2. The zero-order valence-electron chi connectivity index (χ0n) is 13.0. The molecule has 0 aliphatic rings. The van der Waals surface area contributed by atoms with Gasteiger partial charge in [-0.05, 0) is 44.7 Å². The smallest absolute Gasteiger partial charge is 0.00872 e. The second kappa shape index (κ2) is 8.93. The van der Waals surface area contributed by atoms with Crippen LogP contribution in [0.4, 0.5) is 0 Å². The van der Waals surface area contributed by atoms with E-state index in [9.17, 15) is 0 Å². The molecule has 0 aromatic heterocycles. The van der Waals surface area contributed by atoms with E-state index in [0.717, 1.165) is 19.1 Å². The van der Waals surface area contributed by atoms with Gasteiger partial charge < -0.3 is 10.2 Å². The SMILES string of the molecule is CCCNCC(C)(CC)CN(C)C(CC)CC. The summed E-state index contributed by atoms with van der Waals surface area (Å²) in [6.07, 6.45) is 4.99. The summed E-state index contributed by atoms with van der Waals surface area (Å²) in [7, 11) is 2.28. The Bertz CT molecular complexity index is 178. The molecule has 104 valence electrons. The van der Waals surface area contributed by atoms with Crippen LogP contribution >= 0.6 is 0 Å². The summed E-state index contributed by atoms with van der Waals surface area (Å²) >= 11 is 0. The van der Waals surface area contributed by atoms with E-state index in [0.29, 0.717) is 5.41 Å². The lowest BCUT2D eigenvalue weighted by atomic mass is 9.86. The first-order valence-electron chi connectivity index (χ1n) is 7.43. The zero-order chi connectivity index (χ0) is 13.3. The van der Waals surface area contributed by atoms with E-state index < -0.39 is 0 Å². The first-order valence-corrected chi connectivity index (χ1v) is 7.43. The predicted molar refractivity (Wildman–Crippen MR) is 78.6 cm³/mol. The summed E-state index contributed by atoms with van der Waals surface area (Å²) < 4.78 is 0. The fraction of sp³-hybridized carbons (Fsp3) is 1.00. The Morgan fingerprint density at radius 2 is 1.71 bits per heavy atom. The Balaban J connectivity index is 4.24. The van der Waals surface area contributed by atoms with Crippen molar-refractivity contribution in [3.63, 3.8) is 0 Å². The highest BCUT2D eigenvalue weighted by Gasteiger charge is 2.25. The molecule has 0 aliphatic carbocycles. The van der Waals surface area contributed by atoms with Crippen molar-refractivity contribution < 1.29 is 0 Å². The molecule has 0 spiro atoms. The van der Waals surface area contributed by atoms with Crippen molar-refractivity contribution in [2.75, 3.05) is 26.7 Å². The lowest BCUT2D eigenvalue weighted by Gasteiger charge is -2.37. The molecule has 0 rings (SSSR count). The van der Waals surface area contributed by atoms with Crippen LogP contribution in [0.25, 0.3) is 0 Å². The van der Waals surface area contributed by atoms with Crippen molar-refractivity contribution in [2.24, 2.45) is 5.41 Å². The Morgan fingerprint density at radius 3 is 2.12 bits per heavy atom. The second-order valence-electron chi connectivity index (χ2n) is 5.73. The van der Waals surface area contributed by atoms with Gasteiger partial charge in [0.25, 0.3) is 0 Å². The molecule has 0 saturated carbocycles. The zero-order valence-corrected chi connectivity index (χ0v) is 13.0. The van der Waals surface area contributed by atoms with Gasteiger partial charge in [-0.15, -0.1) is 0 Å². The average molecular weight is 242 g/mol. The maximum absolute atomic E-state index is 3.58. The first-order chi connectivity index (χ1) is 8.02. The third-order valence-corrected chi connectivity index (χ3v) is 4.03. The third kappa shape index (κ3) is 6.42. The highest BCUT2D eigenvalue weighted by Crippen LogP contribution is 2.23. The number of hydrogen-bond acceptors (Lipinski definition) is 2. The molecule has 1 unspecified atom stereocenters. The summed E-state index contributed by atoms with van der Waals surface area (Å²) in [6, 6.07) is 0.743. The molecule has 0 aliphatic heterocycles. The van der Waals surface area contributed by atoms with Crippen LogP contribution in [0.15, 0.2) is 0 Å². The van der Waals surface area contributed by atoms with Gasteiger partial charge in [0.15, 0.2) is 0 Å². The van der Waals surface area contributed by atoms with Gasteiger partial charge in [0.05, 0.1) is 0 Å². The van der Waals surface area contributed by atoms with Crippen LogP contribution in [0, 0.1) is 5.41 Å². The molecule has 0 amide bonds. The maximum Gasteiger partial charge on any atom is 0.00872 e. The van der Waals surface area contributed by atoms with Crippen LogP contribution in [0.5, 0.6) is 0 Å². The number of nitrogens with one attached hydrogen (secondary N) is 1. The monoisotopic (exact) mass is 242 g/mol. The van der Waals surface area contributed by atoms with E-state index in [1.165, 1.54) is 32.2 Å². The molecule has 0 aromatic rings. The van der Waals surface area contributed by atoms with E-state index in [-0.39, 0.29) is 0 Å². The molecule has 0 fully saturated rings. The standard InChI is InChI=1S/C15H34N2/c1-7-11-16-12-15(5,10-4)13-17(6)14(8-2)9-3/h14,16H,7-13H2,1-6H3. The lowest BCUT2D eigenvalue weighted by Crippen LogP contribution is -2.44. The summed E-state index contributed by atoms with van der Waals surface area (Å²) in [5.74, 6) is 0. The highest BCUT2D eigenvalue weighted by molar-refractivity contribution is 4.81. The number of hydrogen-bond donors (Lipinski definition) is 1. The second-order valence-corrected chi connectivity index (χ2v) is 5.73. The van der Waals surface area contributed by atoms with Gasteiger partial charge in [-0.2, -0.15) is 0 Å². The average Bonchev–Trinajstić information content (AvgIpc) is 2.31. The Hall–Kier alpha value is -0.0800. The van der Waals surface area contributed by atoms with Crippen LogP contribution in [-0.4, -0.2) is 37.6 Å². The Kier molecular flexibility index (Phi) is 8.89. The van der Waals surface area contributed by atoms with Gasteiger partial charge in [-0.3, -0.25) is 0 Å².